The molecule has 1 saturated heterocycles. The van der Waals surface area contributed by atoms with Crippen molar-refractivity contribution in [3.63, 3.8) is 0 Å². The minimum Gasteiger partial charge on any atom is -0.335 e. The van der Waals surface area contributed by atoms with Gasteiger partial charge in [0.05, 0.1) is 6.07 Å². The molecule has 1 rings (SSSR count). The summed E-state index contributed by atoms with van der Waals surface area (Å²) in [7, 11) is 0. The SMILES string of the molecule is C=C(C)C(=O)NC(C#N)C1(C)CCCC(C)(C)N1. The summed E-state index contributed by atoms with van der Waals surface area (Å²) < 4.78 is 0. The van der Waals surface area contributed by atoms with Gasteiger partial charge in [-0.25, -0.2) is 0 Å². The molecule has 2 atom stereocenters. The van der Waals surface area contributed by atoms with Crippen molar-refractivity contribution < 1.29 is 4.79 Å². The lowest BCUT2D eigenvalue weighted by Crippen LogP contribution is -2.66. The van der Waals surface area contributed by atoms with Crippen LogP contribution < -0.4 is 10.6 Å². The number of nitrogens with one attached hydrogen (secondary N) is 2. The molecule has 1 aliphatic heterocycles. The van der Waals surface area contributed by atoms with Gasteiger partial charge in [0, 0.05) is 16.7 Å². The summed E-state index contributed by atoms with van der Waals surface area (Å²) in [6.07, 6.45) is 3.01. The molecule has 0 aliphatic carbocycles. The van der Waals surface area contributed by atoms with Gasteiger partial charge in [0.25, 0.3) is 0 Å². The van der Waals surface area contributed by atoms with Gasteiger partial charge >= 0.3 is 0 Å². The Balaban J connectivity index is 2.84. The highest BCUT2D eigenvalue weighted by molar-refractivity contribution is 5.92. The molecule has 0 aromatic rings. The third kappa shape index (κ3) is 3.33. The van der Waals surface area contributed by atoms with E-state index < -0.39 is 6.04 Å². The van der Waals surface area contributed by atoms with Crippen LogP contribution >= 0.6 is 0 Å². The molecule has 1 heterocycles. The van der Waals surface area contributed by atoms with Crippen molar-refractivity contribution in [1.29, 1.82) is 5.26 Å². The van der Waals surface area contributed by atoms with Crippen molar-refractivity contribution in [1.82, 2.24) is 10.6 Å². The van der Waals surface area contributed by atoms with Crippen molar-refractivity contribution in [2.75, 3.05) is 0 Å². The highest BCUT2D eigenvalue weighted by Gasteiger charge is 2.42. The molecule has 0 saturated carbocycles. The predicted octanol–water partition coefficient (Wildman–Crippen LogP) is 1.88. The van der Waals surface area contributed by atoms with E-state index in [0.717, 1.165) is 19.3 Å². The first-order chi connectivity index (χ1) is 8.20. The van der Waals surface area contributed by atoms with Gasteiger partial charge in [-0.1, -0.05) is 6.58 Å². The van der Waals surface area contributed by atoms with Gasteiger partial charge in [-0.3, -0.25) is 4.79 Å². The number of carbonyl (C=O) groups excluding carboxylic acids is 1. The van der Waals surface area contributed by atoms with E-state index in [2.05, 4.69) is 37.1 Å². The van der Waals surface area contributed by atoms with E-state index >= 15 is 0 Å². The first-order valence-electron chi connectivity index (χ1n) is 6.35. The second kappa shape index (κ2) is 5.11. The Labute approximate surface area is 109 Å². The van der Waals surface area contributed by atoms with Gasteiger partial charge in [-0.05, 0) is 47.0 Å². The zero-order valence-electron chi connectivity index (χ0n) is 11.8. The molecule has 100 valence electrons. The number of carbonyl (C=O) groups is 1. The Hall–Kier alpha value is -1.34. The maximum absolute atomic E-state index is 11.7. The molecule has 1 aliphatic rings. The van der Waals surface area contributed by atoms with Crippen molar-refractivity contribution >= 4 is 5.91 Å². The molecule has 0 radical (unpaired) electrons. The number of hydrogen-bond acceptors (Lipinski definition) is 3. The first kappa shape index (κ1) is 14.7. The van der Waals surface area contributed by atoms with Crippen LogP contribution in [0.4, 0.5) is 0 Å². The third-order valence-corrected chi connectivity index (χ3v) is 3.55. The predicted molar refractivity (Wildman–Crippen MR) is 71.8 cm³/mol. The van der Waals surface area contributed by atoms with Crippen LogP contribution in [-0.2, 0) is 4.79 Å². The van der Waals surface area contributed by atoms with Crippen LogP contribution in [0, 0.1) is 11.3 Å². The lowest BCUT2D eigenvalue weighted by atomic mass is 9.78. The highest BCUT2D eigenvalue weighted by Crippen LogP contribution is 2.30. The molecule has 18 heavy (non-hydrogen) atoms. The standard InChI is InChI=1S/C14H23N3O/c1-10(2)12(18)16-11(9-15)14(5)8-6-7-13(3,4)17-14/h11,17H,1,6-8H2,2-5H3,(H,16,18). The van der Waals surface area contributed by atoms with Crippen LogP contribution in [0.25, 0.3) is 0 Å². The summed E-state index contributed by atoms with van der Waals surface area (Å²) in [5, 5.41) is 15.6. The maximum Gasteiger partial charge on any atom is 0.247 e. The van der Waals surface area contributed by atoms with E-state index in [0.29, 0.717) is 5.57 Å². The summed E-state index contributed by atoms with van der Waals surface area (Å²) in [5.41, 5.74) is 0.0337. The van der Waals surface area contributed by atoms with Crippen molar-refractivity contribution in [2.24, 2.45) is 0 Å². The summed E-state index contributed by atoms with van der Waals surface area (Å²) in [5.74, 6) is -0.257. The second-order valence-electron chi connectivity index (χ2n) is 6.10. The highest BCUT2D eigenvalue weighted by atomic mass is 16.1. The summed E-state index contributed by atoms with van der Waals surface area (Å²) >= 11 is 0. The number of piperidine rings is 1. The third-order valence-electron chi connectivity index (χ3n) is 3.55. The monoisotopic (exact) mass is 249 g/mol. The lowest BCUT2D eigenvalue weighted by molar-refractivity contribution is -0.118. The minimum absolute atomic E-state index is 0.00392. The van der Waals surface area contributed by atoms with Gasteiger partial charge < -0.3 is 10.6 Å². The fraction of sp³-hybridized carbons (Fsp3) is 0.714. The van der Waals surface area contributed by atoms with Gasteiger partial charge in [0.15, 0.2) is 0 Å². The quantitative estimate of drug-likeness (QED) is 0.751. The van der Waals surface area contributed by atoms with Crippen LogP contribution in [0.5, 0.6) is 0 Å². The number of nitrogens with zero attached hydrogens (tertiary/aromatic N) is 1. The fourth-order valence-electron chi connectivity index (χ4n) is 2.60. The smallest absolute Gasteiger partial charge is 0.247 e. The van der Waals surface area contributed by atoms with Crippen LogP contribution in [0.1, 0.15) is 47.0 Å². The van der Waals surface area contributed by atoms with E-state index in [9.17, 15) is 10.1 Å². The molecule has 4 heteroatoms. The second-order valence-corrected chi connectivity index (χ2v) is 6.10. The Kier molecular flexibility index (Phi) is 4.18. The molecule has 0 spiro atoms. The molecular weight excluding hydrogens is 226 g/mol. The van der Waals surface area contributed by atoms with Gasteiger partial charge in [0.1, 0.15) is 6.04 Å². The first-order valence-corrected chi connectivity index (χ1v) is 6.35. The number of rotatable bonds is 3. The molecular formula is C14H23N3O. The molecule has 1 fully saturated rings. The van der Waals surface area contributed by atoms with Crippen LogP contribution in [0.15, 0.2) is 12.2 Å². The lowest BCUT2D eigenvalue weighted by Gasteiger charge is -2.46. The Morgan fingerprint density at radius 1 is 1.44 bits per heavy atom. The minimum atomic E-state index is -0.540. The molecule has 2 N–H and O–H groups in total. The largest absolute Gasteiger partial charge is 0.335 e. The van der Waals surface area contributed by atoms with E-state index in [1.807, 2.05) is 6.92 Å². The van der Waals surface area contributed by atoms with Crippen molar-refractivity contribution in [2.45, 2.75) is 64.1 Å². The molecule has 2 unspecified atom stereocenters. The van der Waals surface area contributed by atoms with E-state index in [1.54, 1.807) is 6.92 Å². The average molecular weight is 249 g/mol. The van der Waals surface area contributed by atoms with Crippen LogP contribution in [-0.4, -0.2) is 23.0 Å². The maximum atomic E-state index is 11.7. The normalized spacial score (nSPS) is 27.9. The summed E-state index contributed by atoms with van der Waals surface area (Å²) in [6, 6.07) is 1.66. The summed E-state index contributed by atoms with van der Waals surface area (Å²) in [6.45, 7) is 11.5. The Bertz CT molecular complexity index is 394. The summed E-state index contributed by atoms with van der Waals surface area (Å²) in [4.78, 5) is 11.7. The fourth-order valence-corrected chi connectivity index (χ4v) is 2.60. The van der Waals surface area contributed by atoms with Crippen LogP contribution in [0.3, 0.4) is 0 Å². The van der Waals surface area contributed by atoms with E-state index in [1.165, 1.54) is 0 Å². The van der Waals surface area contributed by atoms with Crippen molar-refractivity contribution in [3.8, 4) is 6.07 Å². The number of amides is 1. The topological polar surface area (TPSA) is 64.9 Å². The van der Waals surface area contributed by atoms with Crippen molar-refractivity contribution in [3.05, 3.63) is 12.2 Å². The molecule has 4 nitrogen and oxygen atoms in total. The number of hydrogen-bond donors (Lipinski definition) is 2. The Morgan fingerprint density at radius 3 is 2.50 bits per heavy atom. The Morgan fingerprint density at radius 2 is 2.06 bits per heavy atom. The van der Waals surface area contributed by atoms with E-state index in [-0.39, 0.29) is 17.0 Å². The molecule has 0 aromatic heterocycles. The average Bonchev–Trinajstić information content (AvgIpc) is 2.23. The molecule has 1 amide bonds. The molecule has 0 bridgehead atoms. The van der Waals surface area contributed by atoms with Gasteiger partial charge in [-0.2, -0.15) is 5.26 Å². The molecule has 0 aromatic carbocycles. The van der Waals surface area contributed by atoms with E-state index in [4.69, 9.17) is 0 Å². The van der Waals surface area contributed by atoms with Crippen LogP contribution in [0.2, 0.25) is 0 Å². The zero-order valence-corrected chi connectivity index (χ0v) is 11.8. The zero-order chi connectivity index (χ0) is 14.0. The number of nitriles is 1. The van der Waals surface area contributed by atoms with Gasteiger partial charge in [0.2, 0.25) is 5.91 Å². The van der Waals surface area contributed by atoms with Gasteiger partial charge in [-0.15, -0.1) is 0 Å².